The van der Waals surface area contributed by atoms with Gasteiger partial charge in [0, 0.05) is 10.9 Å². The molecule has 1 aliphatic rings. The van der Waals surface area contributed by atoms with Crippen molar-refractivity contribution in [3.05, 3.63) is 71.9 Å². The Labute approximate surface area is 169 Å². The number of fused-ring (bicyclic) bond motifs is 3. The van der Waals surface area contributed by atoms with Crippen molar-refractivity contribution < 1.29 is 14.4 Å². The predicted octanol–water partition coefficient (Wildman–Crippen LogP) is 3.39. The van der Waals surface area contributed by atoms with E-state index in [2.05, 4.69) is 5.32 Å². The Bertz CT molecular complexity index is 1110. The van der Waals surface area contributed by atoms with E-state index in [4.69, 9.17) is 0 Å². The molecule has 2 heterocycles. The van der Waals surface area contributed by atoms with Crippen molar-refractivity contribution >= 4 is 28.6 Å². The molecule has 0 spiro atoms. The predicted molar refractivity (Wildman–Crippen MR) is 111 cm³/mol. The number of hydrogen-bond donors (Lipinski definition) is 1. The van der Waals surface area contributed by atoms with Crippen molar-refractivity contribution in [1.82, 2.24) is 14.8 Å². The molecule has 0 radical (unpaired) electrons. The summed E-state index contributed by atoms with van der Waals surface area (Å²) in [6.45, 7) is 5.48. The van der Waals surface area contributed by atoms with Gasteiger partial charge >= 0.3 is 0 Å². The molecule has 3 aromatic rings. The fourth-order valence-electron chi connectivity index (χ4n) is 3.77. The number of hydrogen-bond acceptors (Lipinski definition) is 3. The zero-order valence-electron chi connectivity index (χ0n) is 16.7. The molecule has 0 saturated carbocycles. The molecule has 6 heteroatoms. The van der Waals surface area contributed by atoms with E-state index in [1.807, 2.05) is 63.2 Å². The Morgan fingerprint density at radius 3 is 2.34 bits per heavy atom. The van der Waals surface area contributed by atoms with E-state index in [1.165, 1.54) is 9.47 Å². The summed E-state index contributed by atoms with van der Waals surface area (Å²) in [6, 6.07) is 17.3. The summed E-state index contributed by atoms with van der Waals surface area (Å²) in [5.74, 6) is -0.876. The van der Waals surface area contributed by atoms with Crippen molar-refractivity contribution in [2.45, 2.75) is 32.4 Å². The Balaban J connectivity index is 1.80. The van der Waals surface area contributed by atoms with E-state index in [0.717, 1.165) is 5.39 Å². The molecule has 148 valence electrons. The van der Waals surface area contributed by atoms with Crippen LogP contribution in [0.25, 0.3) is 10.9 Å². The second-order valence-electron chi connectivity index (χ2n) is 8.30. The third kappa shape index (κ3) is 3.42. The molecule has 0 saturated heterocycles. The van der Waals surface area contributed by atoms with Crippen LogP contribution < -0.4 is 5.32 Å². The highest BCUT2D eigenvalue weighted by Gasteiger charge is 2.40. The van der Waals surface area contributed by atoms with Gasteiger partial charge in [-0.3, -0.25) is 19.0 Å². The van der Waals surface area contributed by atoms with Gasteiger partial charge in [0.05, 0.1) is 5.52 Å². The number of nitrogens with one attached hydrogen (secondary N) is 1. The van der Waals surface area contributed by atoms with Gasteiger partial charge in [0.25, 0.3) is 11.8 Å². The third-order valence-electron chi connectivity index (χ3n) is 4.92. The normalized spacial score (nSPS) is 15.3. The minimum atomic E-state index is -0.890. The highest BCUT2D eigenvalue weighted by atomic mass is 16.2. The molecule has 0 aliphatic carbocycles. The zero-order valence-corrected chi connectivity index (χ0v) is 16.7. The first-order valence-corrected chi connectivity index (χ1v) is 9.58. The number of aromatic nitrogens is 1. The van der Waals surface area contributed by atoms with Gasteiger partial charge in [-0.1, -0.05) is 48.5 Å². The van der Waals surface area contributed by atoms with E-state index < -0.39 is 11.6 Å². The second-order valence-corrected chi connectivity index (χ2v) is 8.30. The summed E-state index contributed by atoms with van der Waals surface area (Å²) in [6.07, 6.45) is 0. The molecule has 1 N–H and O–H groups in total. The summed E-state index contributed by atoms with van der Waals surface area (Å²) < 4.78 is 1.46. The highest BCUT2D eigenvalue weighted by molar-refractivity contribution is 6.10. The van der Waals surface area contributed by atoms with Crippen LogP contribution in [0.2, 0.25) is 0 Å². The number of amides is 2. The smallest absolute Gasteiger partial charge is 0.272 e. The fourth-order valence-corrected chi connectivity index (χ4v) is 3.77. The first-order valence-electron chi connectivity index (χ1n) is 9.58. The van der Waals surface area contributed by atoms with Crippen LogP contribution in [0.1, 0.15) is 47.7 Å². The molecule has 2 amide bonds. The van der Waals surface area contributed by atoms with E-state index in [1.54, 1.807) is 18.2 Å². The van der Waals surface area contributed by atoms with E-state index in [0.29, 0.717) is 11.1 Å². The summed E-state index contributed by atoms with van der Waals surface area (Å²) >= 11 is 0. The van der Waals surface area contributed by atoms with Crippen molar-refractivity contribution in [2.24, 2.45) is 0 Å². The molecule has 1 aromatic heterocycles. The zero-order chi connectivity index (χ0) is 20.8. The van der Waals surface area contributed by atoms with Crippen LogP contribution in [0, 0.1) is 0 Å². The molecular weight excluding hydrogens is 366 g/mol. The van der Waals surface area contributed by atoms with Gasteiger partial charge in [-0.15, -0.1) is 0 Å². The number of nitrogens with zero attached hydrogens (tertiary/aromatic N) is 2. The van der Waals surface area contributed by atoms with Crippen molar-refractivity contribution in [1.29, 1.82) is 0 Å². The summed E-state index contributed by atoms with van der Waals surface area (Å²) in [5, 5.41) is 3.77. The maximum atomic E-state index is 13.4. The van der Waals surface area contributed by atoms with Crippen molar-refractivity contribution in [3.63, 3.8) is 0 Å². The Kier molecular flexibility index (Phi) is 4.49. The second kappa shape index (κ2) is 6.88. The standard InChI is InChI=1S/C23H23N3O3/c1-23(2,3)24-21(28)20(15-9-5-4-6-10-15)25-14-19(27)26-17-12-8-7-11-16(17)13-18(26)22(25)29/h4-13,20H,14H2,1-3H3,(H,24,28). The monoisotopic (exact) mass is 389 g/mol. The van der Waals surface area contributed by atoms with Crippen LogP contribution >= 0.6 is 0 Å². The van der Waals surface area contributed by atoms with Gasteiger partial charge in [0.2, 0.25) is 5.91 Å². The Hall–Kier alpha value is -3.41. The van der Waals surface area contributed by atoms with Gasteiger partial charge in [-0.2, -0.15) is 0 Å². The Morgan fingerprint density at radius 1 is 1.00 bits per heavy atom. The molecule has 29 heavy (non-hydrogen) atoms. The SMILES string of the molecule is CC(C)(C)NC(=O)C(c1ccccc1)N1CC(=O)n2c(cc3ccccc32)C1=O. The largest absolute Gasteiger partial charge is 0.349 e. The fraction of sp³-hybridized carbons (Fsp3) is 0.261. The number of para-hydroxylation sites is 1. The van der Waals surface area contributed by atoms with Crippen molar-refractivity contribution in [2.75, 3.05) is 6.54 Å². The van der Waals surface area contributed by atoms with Crippen LogP contribution in [0.15, 0.2) is 60.7 Å². The highest BCUT2D eigenvalue weighted by Crippen LogP contribution is 2.30. The van der Waals surface area contributed by atoms with Crippen LogP contribution in [0.4, 0.5) is 0 Å². The number of rotatable bonds is 3. The van der Waals surface area contributed by atoms with Crippen LogP contribution in [-0.4, -0.2) is 39.3 Å². The average molecular weight is 389 g/mol. The van der Waals surface area contributed by atoms with Gasteiger partial charge in [-0.05, 0) is 38.5 Å². The first-order chi connectivity index (χ1) is 13.8. The van der Waals surface area contributed by atoms with Gasteiger partial charge in [0.1, 0.15) is 18.3 Å². The summed E-state index contributed by atoms with van der Waals surface area (Å²) in [7, 11) is 0. The molecule has 6 nitrogen and oxygen atoms in total. The molecular formula is C23H23N3O3. The van der Waals surface area contributed by atoms with E-state index in [-0.39, 0.29) is 30.0 Å². The van der Waals surface area contributed by atoms with E-state index >= 15 is 0 Å². The lowest BCUT2D eigenvalue weighted by Crippen LogP contribution is -2.53. The molecule has 2 aromatic carbocycles. The molecule has 0 bridgehead atoms. The minimum absolute atomic E-state index is 0.165. The molecule has 0 fully saturated rings. The van der Waals surface area contributed by atoms with Crippen LogP contribution in [0.3, 0.4) is 0 Å². The lowest BCUT2D eigenvalue weighted by molar-refractivity contribution is -0.127. The lowest BCUT2D eigenvalue weighted by atomic mass is 10.0. The number of benzene rings is 2. The minimum Gasteiger partial charge on any atom is -0.349 e. The quantitative estimate of drug-likeness (QED) is 0.746. The maximum Gasteiger partial charge on any atom is 0.272 e. The molecule has 4 rings (SSSR count). The number of carbonyl (C=O) groups is 3. The molecule has 1 unspecified atom stereocenters. The van der Waals surface area contributed by atoms with Gasteiger partial charge in [0.15, 0.2) is 0 Å². The third-order valence-corrected chi connectivity index (χ3v) is 4.92. The number of carbonyl (C=O) groups excluding carboxylic acids is 3. The van der Waals surface area contributed by atoms with Crippen molar-refractivity contribution in [3.8, 4) is 0 Å². The van der Waals surface area contributed by atoms with Crippen LogP contribution in [0.5, 0.6) is 0 Å². The molecule has 1 aliphatic heterocycles. The summed E-state index contributed by atoms with van der Waals surface area (Å²) in [4.78, 5) is 40.9. The van der Waals surface area contributed by atoms with E-state index in [9.17, 15) is 14.4 Å². The van der Waals surface area contributed by atoms with Gasteiger partial charge in [-0.25, -0.2) is 0 Å². The maximum absolute atomic E-state index is 13.4. The average Bonchev–Trinajstić information content (AvgIpc) is 3.06. The Morgan fingerprint density at radius 2 is 1.66 bits per heavy atom. The summed E-state index contributed by atoms with van der Waals surface area (Å²) in [5.41, 5.74) is 1.18. The van der Waals surface area contributed by atoms with Crippen LogP contribution in [-0.2, 0) is 4.79 Å². The first kappa shape index (κ1) is 18.9. The van der Waals surface area contributed by atoms with Gasteiger partial charge < -0.3 is 10.2 Å². The lowest BCUT2D eigenvalue weighted by Gasteiger charge is -2.35. The molecule has 1 atom stereocenters. The topological polar surface area (TPSA) is 71.4 Å².